The molecule has 0 bridgehead atoms. The van der Waals surface area contributed by atoms with E-state index < -0.39 is 6.10 Å². The summed E-state index contributed by atoms with van der Waals surface area (Å²) >= 11 is 0. The molecule has 1 atom stereocenters. The average Bonchev–Trinajstić information content (AvgIpc) is 2.60. The molecule has 1 aromatic carbocycles. The summed E-state index contributed by atoms with van der Waals surface area (Å²) in [5, 5.41) is 23.6. The number of hydrogen-bond donors (Lipinski definition) is 2. The number of hydrogen-bond acceptors (Lipinski definition) is 3. The van der Waals surface area contributed by atoms with Crippen molar-refractivity contribution < 1.29 is 10.2 Å². The number of aliphatic hydroxyl groups is 1. The molecule has 0 radical (unpaired) electrons. The Morgan fingerprint density at radius 3 is 2.76 bits per heavy atom. The molecule has 2 aromatic rings. The van der Waals surface area contributed by atoms with Gasteiger partial charge in [0.05, 0.1) is 12.3 Å². The topological polar surface area (TPSA) is 58.3 Å². The van der Waals surface area contributed by atoms with Gasteiger partial charge in [0.1, 0.15) is 5.75 Å². The van der Waals surface area contributed by atoms with Crippen molar-refractivity contribution in [1.82, 2.24) is 9.78 Å². The second kappa shape index (κ2) is 4.59. The molecule has 0 fully saturated rings. The first-order valence-corrected chi connectivity index (χ1v) is 5.52. The summed E-state index contributed by atoms with van der Waals surface area (Å²) in [5.41, 5.74) is 2.69. The number of aromatic hydroxyl groups is 1. The van der Waals surface area contributed by atoms with Crippen molar-refractivity contribution in [3.8, 4) is 5.75 Å². The minimum atomic E-state index is -0.592. The molecular weight excluding hydrogens is 216 g/mol. The van der Waals surface area contributed by atoms with E-state index in [9.17, 15) is 10.2 Å². The standard InChI is InChI=1S/C13H16N2O2/c1-9-12(8-14-15(9)2)13(17)7-10-4-3-5-11(16)6-10/h3-6,8,13,16-17H,7H2,1-2H3. The van der Waals surface area contributed by atoms with Gasteiger partial charge in [-0.15, -0.1) is 0 Å². The predicted octanol–water partition coefficient (Wildman–Crippen LogP) is 1.71. The molecule has 1 heterocycles. The Hall–Kier alpha value is -1.81. The van der Waals surface area contributed by atoms with Crippen molar-refractivity contribution in [2.45, 2.75) is 19.4 Å². The largest absolute Gasteiger partial charge is 0.508 e. The summed E-state index contributed by atoms with van der Waals surface area (Å²) in [6.45, 7) is 1.92. The van der Waals surface area contributed by atoms with Crippen LogP contribution in [0.25, 0.3) is 0 Å². The van der Waals surface area contributed by atoms with Crippen molar-refractivity contribution >= 4 is 0 Å². The number of benzene rings is 1. The Balaban J connectivity index is 2.17. The normalized spacial score (nSPS) is 12.6. The smallest absolute Gasteiger partial charge is 0.115 e. The van der Waals surface area contributed by atoms with E-state index in [2.05, 4.69) is 5.10 Å². The zero-order valence-electron chi connectivity index (χ0n) is 9.96. The Morgan fingerprint density at radius 1 is 1.41 bits per heavy atom. The summed E-state index contributed by atoms with van der Waals surface area (Å²) in [6, 6.07) is 6.93. The summed E-state index contributed by atoms with van der Waals surface area (Å²) in [6.07, 6.45) is 1.56. The zero-order valence-corrected chi connectivity index (χ0v) is 9.96. The van der Waals surface area contributed by atoms with Gasteiger partial charge in [-0.25, -0.2) is 0 Å². The SMILES string of the molecule is Cc1c(C(O)Cc2cccc(O)c2)cnn1C. The summed E-state index contributed by atoms with van der Waals surface area (Å²) in [5.74, 6) is 0.220. The van der Waals surface area contributed by atoms with Gasteiger partial charge < -0.3 is 10.2 Å². The van der Waals surface area contributed by atoms with Gasteiger partial charge in [0.15, 0.2) is 0 Å². The number of aliphatic hydroxyl groups excluding tert-OH is 1. The third-order valence-electron chi connectivity index (χ3n) is 2.97. The second-order valence-electron chi connectivity index (χ2n) is 4.20. The molecule has 0 aliphatic heterocycles. The second-order valence-corrected chi connectivity index (χ2v) is 4.20. The van der Waals surface area contributed by atoms with Gasteiger partial charge in [-0.2, -0.15) is 5.10 Å². The lowest BCUT2D eigenvalue weighted by Gasteiger charge is -2.10. The molecule has 90 valence electrons. The molecule has 0 amide bonds. The van der Waals surface area contributed by atoms with Crippen molar-refractivity contribution in [1.29, 1.82) is 0 Å². The molecule has 4 nitrogen and oxygen atoms in total. The summed E-state index contributed by atoms with van der Waals surface area (Å²) < 4.78 is 1.74. The van der Waals surface area contributed by atoms with Crippen LogP contribution in [0.4, 0.5) is 0 Å². The highest BCUT2D eigenvalue weighted by molar-refractivity contribution is 5.29. The third kappa shape index (κ3) is 2.47. The highest BCUT2D eigenvalue weighted by atomic mass is 16.3. The van der Waals surface area contributed by atoms with Crippen LogP contribution in [-0.4, -0.2) is 20.0 Å². The van der Waals surface area contributed by atoms with E-state index in [1.807, 2.05) is 20.0 Å². The lowest BCUT2D eigenvalue weighted by atomic mass is 10.0. The Morgan fingerprint density at radius 2 is 2.18 bits per heavy atom. The molecule has 17 heavy (non-hydrogen) atoms. The molecule has 2 N–H and O–H groups in total. The Labute approximate surface area is 100 Å². The average molecular weight is 232 g/mol. The fourth-order valence-corrected chi connectivity index (χ4v) is 1.86. The number of aryl methyl sites for hydroxylation is 1. The zero-order chi connectivity index (χ0) is 12.4. The van der Waals surface area contributed by atoms with E-state index >= 15 is 0 Å². The van der Waals surface area contributed by atoms with Crippen LogP contribution in [0.1, 0.15) is 22.9 Å². The minimum absolute atomic E-state index is 0.220. The van der Waals surface area contributed by atoms with Crippen LogP contribution in [0.3, 0.4) is 0 Å². The predicted molar refractivity (Wildman–Crippen MR) is 64.7 cm³/mol. The molecular formula is C13H16N2O2. The van der Waals surface area contributed by atoms with Gasteiger partial charge >= 0.3 is 0 Å². The lowest BCUT2D eigenvalue weighted by Crippen LogP contribution is -2.03. The fourth-order valence-electron chi connectivity index (χ4n) is 1.86. The first kappa shape index (κ1) is 11.7. The van der Waals surface area contributed by atoms with E-state index in [0.29, 0.717) is 6.42 Å². The number of aromatic nitrogens is 2. The number of nitrogens with zero attached hydrogens (tertiary/aromatic N) is 2. The Kier molecular flexibility index (Phi) is 3.15. The van der Waals surface area contributed by atoms with Gasteiger partial charge in [-0.3, -0.25) is 4.68 Å². The van der Waals surface area contributed by atoms with E-state index in [-0.39, 0.29) is 5.75 Å². The highest BCUT2D eigenvalue weighted by Gasteiger charge is 2.14. The Bertz CT molecular complexity index is 520. The first-order valence-electron chi connectivity index (χ1n) is 5.52. The van der Waals surface area contributed by atoms with E-state index in [0.717, 1.165) is 16.8 Å². The van der Waals surface area contributed by atoms with Crippen LogP contribution in [-0.2, 0) is 13.5 Å². The summed E-state index contributed by atoms with van der Waals surface area (Å²) in [7, 11) is 1.85. The number of phenolic OH excluding ortho intramolecular Hbond substituents is 1. The van der Waals surface area contributed by atoms with Gasteiger partial charge in [0.25, 0.3) is 0 Å². The van der Waals surface area contributed by atoms with Crippen LogP contribution in [0, 0.1) is 6.92 Å². The van der Waals surface area contributed by atoms with Crippen molar-refractivity contribution in [3.05, 3.63) is 47.3 Å². The van der Waals surface area contributed by atoms with E-state index in [4.69, 9.17) is 0 Å². The molecule has 1 aromatic heterocycles. The van der Waals surface area contributed by atoms with Crippen molar-refractivity contribution in [3.63, 3.8) is 0 Å². The maximum Gasteiger partial charge on any atom is 0.115 e. The van der Waals surface area contributed by atoms with Crippen LogP contribution < -0.4 is 0 Å². The van der Waals surface area contributed by atoms with Crippen LogP contribution in [0.2, 0.25) is 0 Å². The van der Waals surface area contributed by atoms with E-state index in [1.165, 1.54) is 0 Å². The van der Waals surface area contributed by atoms with Gasteiger partial charge in [0, 0.05) is 24.7 Å². The van der Waals surface area contributed by atoms with Crippen molar-refractivity contribution in [2.75, 3.05) is 0 Å². The molecule has 1 unspecified atom stereocenters. The lowest BCUT2D eigenvalue weighted by molar-refractivity contribution is 0.177. The molecule has 0 aliphatic rings. The third-order valence-corrected chi connectivity index (χ3v) is 2.97. The molecule has 4 heteroatoms. The van der Waals surface area contributed by atoms with Crippen LogP contribution >= 0.6 is 0 Å². The monoisotopic (exact) mass is 232 g/mol. The molecule has 0 saturated heterocycles. The fraction of sp³-hybridized carbons (Fsp3) is 0.308. The van der Waals surface area contributed by atoms with E-state index in [1.54, 1.807) is 29.1 Å². The van der Waals surface area contributed by atoms with Gasteiger partial charge in [0.2, 0.25) is 0 Å². The van der Waals surface area contributed by atoms with Crippen LogP contribution in [0.5, 0.6) is 5.75 Å². The highest BCUT2D eigenvalue weighted by Crippen LogP contribution is 2.22. The maximum absolute atomic E-state index is 10.1. The molecule has 0 saturated carbocycles. The maximum atomic E-state index is 10.1. The van der Waals surface area contributed by atoms with Gasteiger partial charge in [-0.1, -0.05) is 12.1 Å². The first-order chi connectivity index (χ1) is 8.08. The number of phenols is 1. The molecule has 2 rings (SSSR count). The van der Waals surface area contributed by atoms with Crippen LogP contribution in [0.15, 0.2) is 30.5 Å². The van der Waals surface area contributed by atoms with Gasteiger partial charge in [-0.05, 0) is 24.6 Å². The molecule has 0 aliphatic carbocycles. The van der Waals surface area contributed by atoms with Crippen molar-refractivity contribution in [2.24, 2.45) is 7.05 Å². The minimum Gasteiger partial charge on any atom is -0.508 e. The quantitative estimate of drug-likeness (QED) is 0.847. The summed E-state index contributed by atoms with van der Waals surface area (Å²) in [4.78, 5) is 0. The number of rotatable bonds is 3. The molecule has 0 spiro atoms.